The van der Waals surface area contributed by atoms with Gasteiger partial charge in [0.15, 0.2) is 5.82 Å². The Labute approximate surface area is 126 Å². The van der Waals surface area contributed by atoms with E-state index in [4.69, 9.17) is 10.6 Å². The summed E-state index contributed by atoms with van der Waals surface area (Å²) in [4.78, 5) is 3.96. The molecule has 0 saturated carbocycles. The van der Waals surface area contributed by atoms with Crippen molar-refractivity contribution in [2.24, 2.45) is 11.8 Å². The molecular formula is C11H17BrN4O3S. The van der Waals surface area contributed by atoms with Gasteiger partial charge in [0.25, 0.3) is 0 Å². The van der Waals surface area contributed by atoms with Gasteiger partial charge >= 0.3 is 0 Å². The third kappa shape index (κ3) is 3.89. The number of hydrazine groups is 1. The Morgan fingerprint density at radius 3 is 2.80 bits per heavy atom. The minimum absolute atomic E-state index is 0.0291. The Bertz CT molecular complexity index is 561. The number of anilines is 1. The number of hydrogen-bond acceptors (Lipinski definition) is 6. The van der Waals surface area contributed by atoms with Crippen LogP contribution in [-0.4, -0.2) is 33.2 Å². The van der Waals surface area contributed by atoms with Crippen molar-refractivity contribution in [3.8, 4) is 0 Å². The standard InChI is InChI=1S/C11H17BrN4O3S/c12-9-5-10(11(16-13)14-7-9)20(17,18)15-6-8-1-3-19-4-2-8/h5,7-8,15H,1-4,6,13H2,(H,14,16). The second kappa shape index (κ2) is 6.81. The Balaban J connectivity index is 2.11. The third-order valence-corrected chi connectivity index (χ3v) is 5.02. The molecule has 0 unspecified atom stereocenters. The predicted octanol–water partition coefficient (Wildman–Crippen LogP) is 0.835. The number of pyridine rings is 1. The van der Waals surface area contributed by atoms with Crippen molar-refractivity contribution in [2.75, 3.05) is 25.2 Å². The summed E-state index contributed by atoms with van der Waals surface area (Å²) < 4.78 is 33.0. The summed E-state index contributed by atoms with van der Waals surface area (Å²) in [5.41, 5.74) is 2.30. The van der Waals surface area contributed by atoms with E-state index in [9.17, 15) is 8.42 Å². The molecule has 1 saturated heterocycles. The largest absolute Gasteiger partial charge is 0.381 e. The number of ether oxygens (including phenoxy) is 1. The Morgan fingerprint density at radius 1 is 1.45 bits per heavy atom. The van der Waals surface area contributed by atoms with Gasteiger partial charge < -0.3 is 10.2 Å². The van der Waals surface area contributed by atoms with Gasteiger partial charge in [-0.15, -0.1) is 0 Å². The van der Waals surface area contributed by atoms with Crippen molar-refractivity contribution >= 4 is 31.8 Å². The van der Waals surface area contributed by atoms with Crippen LogP contribution in [0.1, 0.15) is 12.8 Å². The number of nitrogens with two attached hydrogens (primary N) is 1. The molecule has 9 heteroatoms. The quantitative estimate of drug-likeness (QED) is 0.527. The van der Waals surface area contributed by atoms with Crippen LogP contribution in [0, 0.1) is 5.92 Å². The highest BCUT2D eigenvalue weighted by Gasteiger charge is 2.22. The van der Waals surface area contributed by atoms with E-state index < -0.39 is 10.0 Å². The van der Waals surface area contributed by atoms with Crippen molar-refractivity contribution < 1.29 is 13.2 Å². The van der Waals surface area contributed by atoms with Gasteiger partial charge in [0.1, 0.15) is 4.90 Å². The lowest BCUT2D eigenvalue weighted by Gasteiger charge is -2.22. The molecule has 7 nitrogen and oxygen atoms in total. The monoisotopic (exact) mass is 364 g/mol. The lowest BCUT2D eigenvalue weighted by Crippen LogP contribution is -2.33. The van der Waals surface area contributed by atoms with Crippen LogP contribution in [0.3, 0.4) is 0 Å². The molecule has 0 bridgehead atoms. The van der Waals surface area contributed by atoms with Crippen LogP contribution in [0.2, 0.25) is 0 Å². The van der Waals surface area contributed by atoms with E-state index >= 15 is 0 Å². The van der Waals surface area contributed by atoms with Crippen molar-refractivity contribution in [1.82, 2.24) is 9.71 Å². The summed E-state index contributed by atoms with van der Waals surface area (Å²) in [6.45, 7) is 1.75. The van der Waals surface area contributed by atoms with Gasteiger partial charge in [-0.2, -0.15) is 0 Å². The molecule has 0 aromatic carbocycles. The van der Waals surface area contributed by atoms with E-state index in [0.717, 1.165) is 12.8 Å². The summed E-state index contributed by atoms with van der Waals surface area (Å²) >= 11 is 3.21. The van der Waals surface area contributed by atoms with Gasteiger partial charge in [-0.25, -0.2) is 24.0 Å². The summed E-state index contributed by atoms with van der Waals surface area (Å²) in [5.74, 6) is 5.72. The summed E-state index contributed by atoms with van der Waals surface area (Å²) in [6, 6.07) is 1.47. The van der Waals surface area contributed by atoms with Gasteiger partial charge in [0.05, 0.1) is 0 Å². The average Bonchev–Trinajstić information content (AvgIpc) is 2.46. The van der Waals surface area contributed by atoms with Gasteiger partial charge in [-0.05, 0) is 40.8 Å². The van der Waals surface area contributed by atoms with Crippen LogP contribution in [0.25, 0.3) is 0 Å². The molecule has 0 spiro atoms. The van der Waals surface area contributed by atoms with Crippen LogP contribution in [0.15, 0.2) is 21.6 Å². The highest BCUT2D eigenvalue weighted by Crippen LogP contribution is 2.22. The lowest BCUT2D eigenvalue weighted by atomic mass is 10.0. The van der Waals surface area contributed by atoms with E-state index in [1.807, 2.05) is 0 Å². The molecule has 0 aliphatic carbocycles. The van der Waals surface area contributed by atoms with Crippen molar-refractivity contribution in [1.29, 1.82) is 0 Å². The molecule has 1 aliphatic heterocycles. The number of aromatic nitrogens is 1. The van der Waals surface area contributed by atoms with Crippen LogP contribution in [-0.2, 0) is 14.8 Å². The van der Waals surface area contributed by atoms with E-state index in [1.165, 1.54) is 12.3 Å². The summed E-state index contributed by atoms with van der Waals surface area (Å²) in [5, 5.41) is 0. The normalized spacial score (nSPS) is 17.1. The minimum atomic E-state index is -3.65. The zero-order chi connectivity index (χ0) is 14.6. The van der Waals surface area contributed by atoms with Crippen LogP contribution in [0.5, 0.6) is 0 Å². The number of hydrogen-bond donors (Lipinski definition) is 3. The van der Waals surface area contributed by atoms with Crippen molar-refractivity contribution in [2.45, 2.75) is 17.7 Å². The number of nitrogens with one attached hydrogen (secondary N) is 2. The van der Waals surface area contributed by atoms with Gasteiger partial charge in [0, 0.05) is 30.4 Å². The number of nitrogen functional groups attached to an aromatic ring is 1. The highest BCUT2D eigenvalue weighted by molar-refractivity contribution is 9.10. The van der Waals surface area contributed by atoms with E-state index in [2.05, 4.69) is 31.1 Å². The molecule has 1 aliphatic rings. The summed E-state index contributed by atoms with van der Waals surface area (Å²) in [7, 11) is -3.65. The molecule has 20 heavy (non-hydrogen) atoms. The Kier molecular flexibility index (Phi) is 5.33. The molecule has 1 aromatic heterocycles. The van der Waals surface area contributed by atoms with Crippen LogP contribution < -0.4 is 16.0 Å². The SMILES string of the molecule is NNc1ncc(Br)cc1S(=O)(=O)NCC1CCOCC1. The topological polar surface area (TPSA) is 106 Å². The Hall–Kier alpha value is -0.740. The zero-order valence-electron chi connectivity index (χ0n) is 10.8. The second-order valence-electron chi connectivity index (χ2n) is 4.55. The number of rotatable bonds is 5. The maximum Gasteiger partial charge on any atom is 0.244 e. The first-order valence-corrected chi connectivity index (χ1v) is 8.50. The van der Waals surface area contributed by atoms with Crippen molar-refractivity contribution in [3.05, 3.63) is 16.7 Å². The predicted molar refractivity (Wildman–Crippen MR) is 78.5 cm³/mol. The molecule has 2 heterocycles. The first-order chi connectivity index (χ1) is 9.53. The molecule has 4 N–H and O–H groups in total. The molecule has 1 fully saturated rings. The van der Waals surface area contributed by atoms with Crippen LogP contribution in [0.4, 0.5) is 5.82 Å². The molecular weight excluding hydrogens is 348 g/mol. The second-order valence-corrected chi connectivity index (χ2v) is 7.20. The number of sulfonamides is 1. The summed E-state index contributed by atoms with van der Waals surface area (Å²) in [6.07, 6.45) is 3.20. The smallest absolute Gasteiger partial charge is 0.244 e. The van der Waals surface area contributed by atoms with E-state index in [0.29, 0.717) is 30.1 Å². The maximum absolute atomic E-state index is 12.3. The average molecular weight is 365 g/mol. The molecule has 1 aromatic rings. The highest BCUT2D eigenvalue weighted by atomic mass is 79.9. The molecule has 2 rings (SSSR count). The van der Waals surface area contributed by atoms with E-state index in [1.54, 1.807) is 0 Å². The Morgan fingerprint density at radius 2 is 2.15 bits per heavy atom. The first-order valence-electron chi connectivity index (χ1n) is 6.22. The van der Waals surface area contributed by atoms with Crippen molar-refractivity contribution in [3.63, 3.8) is 0 Å². The molecule has 0 amide bonds. The van der Waals surface area contributed by atoms with Gasteiger partial charge in [0.2, 0.25) is 10.0 Å². The third-order valence-electron chi connectivity index (χ3n) is 3.15. The van der Waals surface area contributed by atoms with Gasteiger partial charge in [-0.1, -0.05) is 0 Å². The number of halogens is 1. The zero-order valence-corrected chi connectivity index (χ0v) is 13.2. The lowest BCUT2D eigenvalue weighted by molar-refractivity contribution is 0.0678. The number of nitrogens with zero attached hydrogens (tertiary/aromatic N) is 1. The first kappa shape index (κ1) is 15.6. The van der Waals surface area contributed by atoms with Crippen LogP contribution >= 0.6 is 15.9 Å². The van der Waals surface area contributed by atoms with Gasteiger partial charge in [-0.3, -0.25) is 0 Å². The van der Waals surface area contributed by atoms with E-state index in [-0.39, 0.29) is 10.7 Å². The fourth-order valence-electron chi connectivity index (χ4n) is 1.99. The fraction of sp³-hybridized carbons (Fsp3) is 0.545. The maximum atomic E-state index is 12.3. The molecule has 0 atom stereocenters. The minimum Gasteiger partial charge on any atom is -0.381 e. The molecule has 112 valence electrons. The molecule has 0 radical (unpaired) electrons. The fourth-order valence-corrected chi connectivity index (χ4v) is 3.73.